The highest BCUT2D eigenvalue weighted by atomic mass is 16.3. The fraction of sp³-hybridized carbons (Fsp3) is 0.188. The van der Waals surface area contributed by atoms with Gasteiger partial charge in [0.1, 0.15) is 5.65 Å². The number of anilines is 2. The molecular formula is C16H17N3O. The summed E-state index contributed by atoms with van der Waals surface area (Å²) in [5, 5.41) is 9.71. The molecule has 0 fully saturated rings. The van der Waals surface area contributed by atoms with E-state index in [1.165, 1.54) is 0 Å². The first kappa shape index (κ1) is 12.7. The van der Waals surface area contributed by atoms with Crippen molar-refractivity contribution in [3.8, 4) is 0 Å². The van der Waals surface area contributed by atoms with Crippen molar-refractivity contribution in [2.45, 2.75) is 13.5 Å². The fourth-order valence-electron chi connectivity index (χ4n) is 2.46. The number of hydrogen-bond acceptors (Lipinski definition) is 3. The summed E-state index contributed by atoms with van der Waals surface area (Å²) >= 11 is 0. The minimum atomic E-state index is -0.0379. The van der Waals surface area contributed by atoms with Crippen LogP contribution in [0.15, 0.2) is 54.7 Å². The number of fused-ring (bicyclic) bond motifs is 1. The third kappa shape index (κ3) is 2.04. The summed E-state index contributed by atoms with van der Waals surface area (Å²) in [6.07, 6.45) is 1.93. The number of hydrogen-bond donors (Lipinski definition) is 1. The van der Waals surface area contributed by atoms with Crippen molar-refractivity contribution in [2.24, 2.45) is 0 Å². The van der Waals surface area contributed by atoms with Crippen molar-refractivity contribution in [2.75, 3.05) is 11.4 Å². The number of aromatic nitrogens is 2. The quantitative estimate of drug-likeness (QED) is 0.790. The predicted octanol–water partition coefficient (Wildman–Crippen LogP) is 2.98. The van der Waals surface area contributed by atoms with Crippen LogP contribution in [0.25, 0.3) is 5.65 Å². The van der Waals surface area contributed by atoms with E-state index >= 15 is 0 Å². The van der Waals surface area contributed by atoms with Crippen LogP contribution in [0, 0.1) is 0 Å². The zero-order chi connectivity index (χ0) is 13.9. The molecular weight excluding hydrogens is 250 g/mol. The Morgan fingerprint density at radius 2 is 1.85 bits per heavy atom. The molecule has 0 bridgehead atoms. The molecule has 1 aromatic carbocycles. The standard InChI is InChI=1S/C16H17N3O/c1-2-18(13-8-4-3-5-9-13)16-14(12-20)19-11-7-6-10-15(19)17-16/h3-11,20H,2,12H2,1H3. The summed E-state index contributed by atoms with van der Waals surface area (Å²) < 4.78 is 1.93. The Labute approximate surface area is 117 Å². The van der Waals surface area contributed by atoms with Gasteiger partial charge >= 0.3 is 0 Å². The van der Waals surface area contributed by atoms with Gasteiger partial charge in [0.25, 0.3) is 0 Å². The van der Waals surface area contributed by atoms with Gasteiger partial charge in [-0.05, 0) is 31.2 Å². The molecule has 4 nitrogen and oxygen atoms in total. The van der Waals surface area contributed by atoms with Gasteiger partial charge in [-0.25, -0.2) is 4.98 Å². The smallest absolute Gasteiger partial charge is 0.157 e. The summed E-state index contributed by atoms with van der Waals surface area (Å²) in [5.41, 5.74) is 2.74. The van der Waals surface area contributed by atoms with E-state index in [1.807, 2.05) is 47.0 Å². The molecule has 20 heavy (non-hydrogen) atoms. The van der Waals surface area contributed by atoms with E-state index in [1.54, 1.807) is 0 Å². The maximum absolute atomic E-state index is 9.71. The number of imidazole rings is 1. The molecule has 0 saturated carbocycles. The lowest BCUT2D eigenvalue weighted by Crippen LogP contribution is -2.18. The first-order valence-electron chi connectivity index (χ1n) is 6.74. The van der Waals surface area contributed by atoms with Gasteiger partial charge in [0, 0.05) is 18.4 Å². The van der Waals surface area contributed by atoms with E-state index < -0.39 is 0 Å². The molecule has 4 heteroatoms. The number of aliphatic hydroxyl groups is 1. The molecule has 3 aromatic rings. The number of pyridine rings is 1. The molecule has 0 amide bonds. The molecule has 0 aliphatic rings. The summed E-state index contributed by atoms with van der Waals surface area (Å²) in [5.74, 6) is 0.812. The van der Waals surface area contributed by atoms with E-state index in [4.69, 9.17) is 0 Å². The Bertz CT molecular complexity index is 706. The SMILES string of the molecule is CCN(c1ccccc1)c1nc2ccccn2c1CO. The molecule has 0 aliphatic carbocycles. The van der Waals surface area contributed by atoms with E-state index in [9.17, 15) is 5.11 Å². The van der Waals surface area contributed by atoms with E-state index in [-0.39, 0.29) is 6.61 Å². The van der Waals surface area contributed by atoms with Gasteiger partial charge in [0.15, 0.2) is 5.82 Å². The van der Waals surface area contributed by atoms with E-state index in [2.05, 4.69) is 28.9 Å². The van der Waals surface area contributed by atoms with Crippen LogP contribution in [0.5, 0.6) is 0 Å². The van der Waals surface area contributed by atoms with Crippen molar-refractivity contribution in [1.29, 1.82) is 0 Å². The molecule has 0 atom stereocenters. The highest BCUT2D eigenvalue weighted by molar-refractivity contribution is 5.65. The van der Waals surface area contributed by atoms with Crippen LogP contribution in [0.2, 0.25) is 0 Å². The Morgan fingerprint density at radius 1 is 1.10 bits per heavy atom. The summed E-state index contributed by atoms with van der Waals surface area (Å²) in [7, 11) is 0. The Kier molecular flexibility index (Phi) is 3.39. The van der Waals surface area contributed by atoms with Gasteiger partial charge < -0.3 is 10.0 Å². The lowest BCUT2D eigenvalue weighted by Gasteiger charge is -2.21. The third-order valence-electron chi connectivity index (χ3n) is 3.40. The molecule has 0 radical (unpaired) electrons. The molecule has 3 rings (SSSR count). The summed E-state index contributed by atoms with van der Waals surface area (Å²) in [4.78, 5) is 6.77. The predicted molar refractivity (Wildman–Crippen MR) is 80.2 cm³/mol. The third-order valence-corrected chi connectivity index (χ3v) is 3.40. The van der Waals surface area contributed by atoms with Crippen molar-refractivity contribution >= 4 is 17.2 Å². The topological polar surface area (TPSA) is 40.8 Å². The Hall–Kier alpha value is -2.33. The van der Waals surface area contributed by atoms with Gasteiger partial charge in [0.2, 0.25) is 0 Å². The Balaban J connectivity index is 2.17. The molecule has 102 valence electrons. The second-order valence-electron chi connectivity index (χ2n) is 4.55. The van der Waals surface area contributed by atoms with Gasteiger partial charge in [0.05, 0.1) is 12.3 Å². The number of rotatable bonds is 4. The molecule has 0 saturated heterocycles. The van der Waals surface area contributed by atoms with Crippen molar-refractivity contribution < 1.29 is 5.11 Å². The van der Waals surface area contributed by atoms with Gasteiger partial charge in [-0.15, -0.1) is 0 Å². The van der Waals surface area contributed by atoms with Gasteiger partial charge in [-0.3, -0.25) is 4.40 Å². The minimum absolute atomic E-state index is 0.0379. The second kappa shape index (κ2) is 5.35. The molecule has 2 heterocycles. The van der Waals surface area contributed by atoms with Crippen LogP contribution in [-0.4, -0.2) is 21.0 Å². The molecule has 2 aromatic heterocycles. The molecule has 0 unspecified atom stereocenters. The largest absolute Gasteiger partial charge is 0.390 e. The molecule has 1 N–H and O–H groups in total. The lowest BCUT2D eigenvalue weighted by molar-refractivity contribution is 0.276. The van der Waals surface area contributed by atoms with Gasteiger partial charge in [-0.2, -0.15) is 0 Å². The average Bonchev–Trinajstić information content (AvgIpc) is 2.87. The minimum Gasteiger partial charge on any atom is -0.390 e. The Morgan fingerprint density at radius 3 is 2.55 bits per heavy atom. The number of aliphatic hydroxyl groups excluding tert-OH is 1. The highest BCUT2D eigenvalue weighted by Gasteiger charge is 2.17. The van der Waals surface area contributed by atoms with Crippen molar-refractivity contribution in [1.82, 2.24) is 9.38 Å². The van der Waals surface area contributed by atoms with Crippen LogP contribution < -0.4 is 4.90 Å². The van der Waals surface area contributed by atoms with Crippen LogP contribution in [0.1, 0.15) is 12.6 Å². The van der Waals surface area contributed by atoms with Crippen LogP contribution in [0.3, 0.4) is 0 Å². The normalized spacial score (nSPS) is 10.9. The molecule has 0 aliphatic heterocycles. The van der Waals surface area contributed by atoms with E-state index in [0.29, 0.717) is 0 Å². The van der Waals surface area contributed by atoms with Crippen molar-refractivity contribution in [3.63, 3.8) is 0 Å². The van der Waals surface area contributed by atoms with Crippen molar-refractivity contribution in [3.05, 3.63) is 60.4 Å². The first-order chi connectivity index (χ1) is 9.85. The number of benzene rings is 1. The first-order valence-corrected chi connectivity index (χ1v) is 6.74. The second-order valence-corrected chi connectivity index (χ2v) is 4.55. The maximum atomic E-state index is 9.71. The van der Waals surface area contributed by atoms with E-state index in [0.717, 1.165) is 29.4 Å². The maximum Gasteiger partial charge on any atom is 0.157 e. The zero-order valence-electron chi connectivity index (χ0n) is 11.4. The fourth-order valence-corrected chi connectivity index (χ4v) is 2.46. The number of para-hydroxylation sites is 1. The average molecular weight is 267 g/mol. The van der Waals surface area contributed by atoms with Crippen LogP contribution in [-0.2, 0) is 6.61 Å². The molecule has 0 spiro atoms. The summed E-state index contributed by atoms with van der Waals surface area (Å²) in [6.45, 7) is 2.84. The highest BCUT2D eigenvalue weighted by Crippen LogP contribution is 2.28. The van der Waals surface area contributed by atoms with Crippen LogP contribution >= 0.6 is 0 Å². The van der Waals surface area contributed by atoms with Crippen LogP contribution in [0.4, 0.5) is 11.5 Å². The zero-order valence-corrected chi connectivity index (χ0v) is 11.4. The monoisotopic (exact) mass is 267 g/mol. The lowest BCUT2D eigenvalue weighted by atomic mass is 10.2. The summed E-state index contributed by atoms with van der Waals surface area (Å²) in [6, 6.07) is 15.9. The number of nitrogens with zero attached hydrogens (tertiary/aromatic N) is 3. The van der Waals surface area contributed by atoms with Gasteiger partial charge in [-0.1, -0.05) is 24.3 Å².